The minimum absolute atomic E-state index is 0.148. The first-order chi connectivity index (χ1) is 12.6. The highest BCUT2D eigenvalue weighted by Gasteiger charge is 2.31. The molecule has 0 saturated heterocycles. The lowest BCUT2D eigenvalue weighted by molar-refractivity contribution is -0.115. The van der Waals surface area contributed by atoms with E-state index in [0.29, 0.717) is 11.7 Å². The number of rotatable bonds is 6. The predicted molar refractivity (Wildman–Crippen MR) is 102 cm³/mol. The summed E-state index contributed by atoms with van der Waals surface area (Å²) in [5.41, 5.74) is 0.576. The van der Waals surface area contributed by atoms with Crippen LogP contribution in [0.4, 0.5) is 10.1 Å². The first kappa shape index (κ1) is 17.2. The highest BCUT2D eigenvalue weighted by atomic mass is 32.2. The molecule has 2 heterocycles. The third-order valence-electron chi connectivity index (χ3n) is 4.08. The molecule has 5 nitrogen and oxygen atoms in total. The monoisotopic (exact) mass is 388 g/mol. The van der Waals surface area contributed by atoms with Crippen LogP contribution in [0, 0.1) is 5.82 Å². The molecule has 0 radical (unpaired) electrons. The van der Waals surface area contributed by atoms with Gasteiger partial charge in [0.05, 0.1) is 10.1 Å². The molecule has 1 aliphatic carbocycles. The van der Waals surface area contributed by atoms with E-state index in [4.69, 9.17) is 0 Å². The maximum Gasteiger partial charge on any atom is 0.237 e. The van der Waals surface area contributed by atoms with Crippen molar-refractivity contribution in [3.63, 3.8) is 0 Å². The van der Waals surface area contributed by atoms with Crippen LogP contribution in [0.15, 0.2) is 46.9 Å². The van der Waals surface area contributed by atoms with Gasteiger partial charge in [0.25, 0.3) is 0 Å². The summed E-state index contributed by atoms with van der Waals surface area (Å²) in [6, 6.07) is 10.2. The Morgan fingerprint density at radius 3 is 2.73 bits per heavy atom. The summed E-state index contributed by atoms with van der Waals surface area (Å²) in [6.07, 6.45) is 2.22. The van der Waals surface area contributed by atoms with E-state index >= 15 is 0 Å². The van der Waals surface area contributed by atoms with Crippen LogP contribution in [-0.4, -0.2) is 25.9 Å². The second kappa shape index (κ2) is 7.20. The number of carbonyl (C=O) groups excluding carboxylic acids is 1. The number of carbonyl (C=O) groups is 1. The molecule has 4 rings (SSSR count). The van der Waals surface area contributed by atoms with Crippen molar-refractivity contribution in [3.05, 3.63) is 47.6 Å². The summed E-state index contributed by atoms with van der Waals surface area (Å²) in [6.45, 7) is 1.83. The normalized spacial score (nSPS) is 15.0. The van der Waals surface area contributed by atoms with Crippen molar-refractivity contribution in [1.82, 2.24) is 14.8 Å². The molecule has 1 aliphatic rings. The first-order valence-electron chi connectivity index (χ1n) is 8.33. The van der Waals surface area contributed by atoms with Crippen LogP contribution in [0.25, 0.3) is 10.7 Å². The summed E-state index contributed by atoms with van der Waals surface area (Å²) in [5.74, 6) is 0.393. The number of anilines is 1. The molecule has 134 valence electrons. The van der Waals surface area contributed by atoms with Crippen molar-refractivity contribution < 1.29 is 9.18 Å². The van der Waals surface area contributed by atoms with Gasteiger partial charge in [-0.05, 0) is 55.5 Å². The Morgan fingerprint density at radius 2 is 2.08 bits per heavy atom. The third kappa shape index (κ3) is 3.66. The molecule has 1 atom stereocenters. The Balaban J connectivity index is 1.50. The second-order valence-corrected chi connectivity index (χ2v) is 8.40. The number of thiophene rings is 1. The molecule has 1 saturated carbocycles. The zero-order chi connectivity index (χ0) is 18.1. The number of nitrogens with one attached hydrogen (secondary N) is 1. The van der Waals surface area contributed by atoms with Gasteiger partial charge in [0.1, 0.15) is 5.82 Å². The van der Waals surface area contributed by atoms with Gasteiger partial charge in [0, 0.05) is 11.7 Å². The van der Waals surface area contributed by atoms with Crippen molar-refractivity contribution in [2.45, 2.75) is 36.2 Å². The summed E-state index contributed by atoms with van der Waals surface area (Å²) < 4.78 is 15.1. The number of hydrogen-bond acceptors (Lipinski definition) is 5. The van der Waals surface area contributed by atoms with E-state index in [-0.39, 0.29) is 17.0 Å². The lowest BCUT2D eigenvalue weighted by Gasteiger charge is -2.13. The second-order valence-electron chi connectivity index (χ2n) is 6.14. The van der Waals surface area contributed by atoms with Gasteiger partial charge in [-0.3, -0.25) is 9.36 Å². The van der Waals surface area contributed by atoms with Crippen molar-refractivity contribution in [1.29, 1.82) is 0 Å². The molecule has 0 spiro atoms. The molecule has 8 heteroatoms. The molecule has 1 amide bonds. The quantitative estimate of drug-likeness (QED) is 0.627. The van der Waals surface area contributed by atoms with Crippen LogP contribution in [0.2, 0.25) is 0 Å². The van der Waals surface area contributed by atoms with E-state index in [1.807, 2.05) is 24.4 Å². The first-order valence-corrected chi connectivity index (χ1v) is 10.1. The predicted octanol–water partition coefficient (Wildman–Crippen LogP) is 4.60. The van der Waals surface area contributed by atoms with E-state index in [0.717, 1.165) is 28.7 Å². The van der Waals surface area contributed by atoms with Crippen molar-refractivity contribution >= 4 is 34.7 Å². The van der Waals surface area contributed by atoms with E-state index in [1.54, 1.807) is 23.5 Å². The Kier molecular flexibility index (Phi) is 4.78. The highest BCUT2D eigenvalue weighted by Crippen LogP contribution is 2.42. The molecule has 0 bridgehead atoms. The fourth-order valence-electron chi connectivity index (χ4n) is 2.58. The van der Waals surface area contributed by atoms with Crippen LogP contribution >= 0.6 is 23.1 Å². The SMILES string of the molecule is C[C@H](Sc1nnc(-c2cccs2)n1C1CC1)C(=O)Nc1ccc(F)cc1. The Bertz CT molecular complexity index is 904. The smallest absolute Gasteiger partial charge is 0.237 e. The fraction of sp³-hybridized carbons (Fsp3) is 0.278. The fourth-order valence-corrected chi connectivity index (χ4v) is 4.21. The van der Waals surface area contributed by atoms with Gasteiger partial charge in [-0.25, -0.2) is 4.39 Å². The molecule has 0 unspecified atom stereocenters. The molecule has 2 aromatic heterocycles. The van der Waals surface area contributed by atoms with Gasteiger partial charge < -0.3 is 5.32 Å². The third-order valence-corrected chi connectivity index (χ3v) is 6.00. The van der Waals surface area contributed by atoms with Gasteiger partial charge >= 0.3 is 0 Å². The van der Waals surface area contributed by atoms with E-state index in [2.05, 4.69) is 20.1 Å². The maximum atomic E-state index is 13.0. The standard InChI is InChI=1S/C18H17FN4OS2/c1-11(17(24)20-13-6-4-12(19)5-7-13)26-18-22-21-16(15-3-2-10-25-15)23(18)14-8-9-14/h2-7,10-11,14H,8-9H2,1H3,(H,20,24)/t11-/m0/s1. The van der Waals surface area contributed by atoms with Crippen molar-refractivity contribution in [2.24, 2.45) is 0 Å². The largest absolute Gasteiger partial charge is 0.325 e. The number of thioether (sulfide) groups is 1. The number of aromatic nitrogens is 3. The zero-order valence-corrected chi connectivity index (χ0v) is 15.7. The van der Waals surface area contributed by atoms with E-state index in [1.165, 1.54) is 23.9 Å². The van der Waals surface area contributed by atoms with Gasteiger partial charge in [-0.1, -0.05) is 17.8 Å². The molecule has 0 aliphatic heterocycles. The minimum atomic E-state index is -0.349. The van der Waals surface area contributed by atoms with Gasteiger partial charge in [-0.2, -0.15) is 0 Å². The zero-order valence-electron chi connectivity index (χ0n) is 14.1. The summed E-state index contributed by atoms with van der Waals surface area (Å²) in [7, 11) is 0. The molecule has 1 fully saturated rings. The molecular formula is C18H17FN4OS2. The number of nitrogens with zero attached hydrogens (tertiary/aromatic N) is 3. The number of hydrogen-bond donors (Lipinski definition) is 1. The molecule has 26 heavy (non-hydrogen) atoms. The number of halogens is 1. The lowest BCUT2D eigenvalue weighted by Crippen LogP contribution is -2.22. The molecule has 1 aromatic carbocycles. The van der Waals surface area contributed by atoms with E-state index in [9.17, 15) is 9.18 Å². The summed E-state index contributed by atoms with van der Waals surface area (Å²) >= 11 is 3.03. The minimum Gasteiger partial charge on any atom is -0.325 e. The maximum absolute atomic E-state index is 13.0. The Hall–Kier alpha value is -2.19. The van der Waals surface area contributed by atoms with E-state index < -0.39 is 0 Å². The van der Waals surface area contributed by atoms with Gasteiger partial charge in [-0.15, -0.1) is 21.5 Å². The Labute approximate surface area is 158 Å². The van der Waals surface area contributed by atoms with Crippen LogP contribution in [0.1, 0.15) is 25.8 Å². The van der Waals surface area contributed by atoms with Crippen LogP contribution in [-0.2, 0) is 4.79 Å². The summed E-state index contributed by atoms with van der Waals surface area (Å²) in [4.78, 5) is 13.5. The Morgan fingerprint density at radius 1 is 1.31 bits per heavy atom. The van der Waals surface area contributed by atoms with Crippen molar-refractivity contribution in [3.8, 4) is 10.7 Å². The van der Waals surface area contributed by atoms with Crippen LogP contribution in [0.5, 0.6) is 0 Å². The summed E-state index contributed by atoms with van der Waals surface area (Å²) in [5, 5.41) is 13.9. The topological polar surface area (TPSA) is 59.8 Å². The molecule has 1 N–H and O–H groups in total. The average Bonchev–Trinajstić information content (AvgIpc) is 3.16. The number of benzene rings is 1. The van der Waals surface area contributed by atoms with Crippen LogP contribution in [0.3, 0.4) is 0 Å². The average molecular weight is 388 g/mol. The van der Waals surface area contributed by atoms with Crippen molar-refractivity contribution in [2.75, 3.05) is 5.32 Å². The van der Waals surface area contributed by atoms with Gasteiger partial charge in [0.2, 0.25) is 5.91 Å². The molecule has 3 aromatic rings. The molecular weight excluding hydrogens is 371 g/mol. The van der Waals surface area contributed by atoms with Gasteiger partial charge in [0.15, 0.2) is 11.0 Å². The lowest BCUT2D eigenvalue weighted by atomic mass is 10.3. The van der Waals surface area contributed by atoms with Crippen LogP contribution < -0.4 is 5.32 Å². The number of amides is 1. The highest BCUT2D eigenvalue weighted by molar-refractivity contribution is 8.00.